The van der Waals surface area contributed by atoms with Crippen molar-refractivity contribution in [3.05, 3.63) is 59.7 Å². The van der Waals surface area contributed by atoms with Gasteiger partial charge in [-0.25, -0.2) is 8.78 Å². The van der Waals surface area contributed by atoms with Gasteiger partial charge in [0, 0.05) is 0 Å². The molecule has 2 unspecified atom stereocenters. The number of aliphatic hydroxyl groups excluding tert-OH is 1. The second-order valence-electron chi connectivity index (χ2n) is 6.60. The molecule has 1 aliphatic heterocycles. The van der Waals surface area contributed by atoms with Crippen molar-refractivity contribution < 1.29 is 18.7 Å². The molecule has 0 aromatic heterocycles. The molecule has 0 bridgehead atoms. The van der Waals surface area contributed by atoms with Crippen molar-refractivity contribution in [3.63, 3.8) is 0 Å². The van der Waals surface area contributed by atoms with Crippen LogP contribution in [0.4, 0.5) is 8.78 Å². The first-order valence-electron chi connectivity index (χ1n) is 8.67. The van der Waals surface area contributed by atoms with Gasteiger partial charge in [0.25, 0.3) is 0 Å². The number of carbonyl (C=O) groups excluding carboxylic acids is 1. The zero-order valence-corrected chi connectivity index (χ0v) is 14.6. The van der Waals surface area contributed by atoms with Crippen LogP contribution in [0.3, 0.4) is 0 Å². The molecule has 138 valence electrons. The minimum absolute atomic E-state index is 0.0868. The highest BCUT2D eigenvalue weighted by molar-refractivity contribution is 5.82. The maximum atomic E-state index is 13.9. The Morgan fingerprint density at radius 1 is 1.23 bits per heavy atom. The first kappa shape index (κ1) is 18.5. The zero-order chi connectivity index (χ0) is 18.7. The van der Waals surface area contributed by atoms with Gasteiger partial charge in [0.15, 0.2) is 0 Å². The lowest BCUT2D eigenvalue weighted by atomic mass is 10.00. The Morgan fingerprint density at radius 3 is 2.42 bits per heavy atom. The van der Waals surface area contributed by atoms with Gasteiger partial charge in [-0.2, -0.15) is 0 Å². The van der Waals surface area contributed by atoms with Crippen molar-refractivity contribution in [1.82, 2.24) is 10.2 Å². The second-order valence-corrected chi connectivity index (χ2v) is 6.60. The molecule has 0 aliphatic carbocycles. The number of hydrogen-bond acceptors (Lipinski definition) is 3. The summed E-state index contributed by atoms with van der Waals surface area (Å²) < 4.78 is 27.8. The number of halogens is 2. The molecule has 0 saturated carbocycles. The molecule has 2 aromatic carbocycles. The Balaban J connectivity index is 1.77. The molecule has 0 spiro atoms. The van der Waals surface area contributed by atoms with E-state index in [0.717, 1.165) is 19.4 Å². The summed E-state index contributed by atoms with van der Waals surface area (Å²) in [6.45, 7) is 0.625. The Kier molecular flexibility index (Phi) is 5.64. The first-order chi connectivity index (χ1) is 12.5. The van der Waals surface area contributed by atoms with Crippen molar-refractivity contribution >= 4 is 5.91 Å². The van der Waals surface area contributed by atoms with Crippen molar-refractivity contribution in [2.24, 2.45) is 0 Å². The first-order valence-corrected chi connectivity index (χ1v) is 8.67. The highest BCUT2D eigenvalue weighted by atomic mass is 19.1. The van der Waals surface area contributed by atoms with Crippen LogP contribution < -0.4 is 5.32 Å². The fourth-order valence-electron chi connectivity index (χ4n) is 3.40. The predicted octanol–water partition coefficient (Wildman–Crippen LogP) is 2.88. The second kappa shape index (κ2) is 7.93. The van der Waals surface area contributed by atoms with Gasteiger partial charge in [0.2, 0.25) is 5.91 Å². The van der Waals surface area contributed by atoms with Crippen molar-refractivity contribution in [2.75, 3.05) is 20.2 Å². The van der Waals surface area contributed by atoms with E-state index >= 15 is 0 Å². The monoisotopic (exact) mass is 360 g/mol. The molecule has 1 heterocycles. The molecule has 1 saturated heterocycles. The highest BCUT2D eigenvalue weighted by Crippen LogP contribution is 2.27. The Labute approximate surface area is 151 Å². The number of hydrogen-bond donors (Lipinski definition) is 2. The third-order valence-electron chi connectivity index (χ3n) is 4.89. The Morgan fingerprint density at radius 2 is 1.88 bits per heavy atom. The molecule has 1 fully saturated rings. The Hall–Kier alpha value is -2.31. The van der Waals surface area contributed by atoms with Gasteiger partial charge in [-0.15, -0.1) is 0 Å². The lowest BCUT2D eigenvalue weighted by Gasteiger charge is -2.23. The minimum atomic E-state index is -0.631. The molecule has 0 radical (unpaired) electrons. The molecular formula is C20H22F2N2O2. The molecule has 2 N–H and O–H groups in total. The van der Waals surface area contributed by atoms with Crippen LogP contribution in [0.1, 0.15) is 24.4 Å². The van der Waals surface area contributed by atoms with E-state index in [1.165, 1.54) is 18.2 Å². The summed E-state index contributed by atoms with van der Waals surface area (Å²) in [6.07, 6.45) is 1.77. The van der Waals surface area contributed by atoms with Gasteiger partial charge >= 0.3 is 0 Å². The van der Waals surface area contributed by atoms with Gasteiger partial charge < -0.3 is 10.4 Å². The largest absolute Gasteiger partial charge is 0.394 e. The van der Waals surface area contributed by atoms with Crippen LogP contribution in [0, 0.1) is 11.6 Å². The lowest BCUT2D eigenvalue weighted by molar-refractivity contribution is -0.126. The van der Waals surface area contributed by atoms with Crippen LogP contribution in [0.25, 0.3) is 11.1 Å². The van der Waals surface area contributed by atoms with Crippen LogP contribution in [0.2, 0.25) is 0 Å². The van der Waals surface area contributed by atoms with E-state index in [2.05, 4.69) is 5.32 Å². The average Bonchev–Trinajstić information content (AvgIpc) is 3.06. The fraction of sp³-hybridized carbons (Fsp3) is 0.350. The summed E-state index contributed by atoms with van der Waals surface area (Å²) in [4.78, 5) is 14.4. The molecule has 2 aromatic rings. The standard InChI is InChI=1S/C20H22F2N2O2/c1-24-11-3-6-18(24)20(26)23-17(12-25)13-7-9-14(10-8-13)19-15(21)4-2-5-16(19)22/h2,4-5,7-10,17-18,25H,3,6,11-12H2,1H3,(H,23,26). The van der Waals surface area contributed by atoms with Crippen LogP contribution in [-0.2, 0) is 4.79 Å². The molecule has 4 nitrogen and oxygen atoms in total. The third kappa shape index (κ3) is 3.76. The topological polar surface area (TPSA) is 52.6 Å². The average molecular weight is 360 g/mol. The highest BCUT2D eigenvalue weighted by Gasteiger charge is 2.29. The smallest absolute Gasteiger partial charge is 0.237 e. The van der Waals surface area contributed by atoms with Gasteiger partial charge in [-0.1, -0.05) is 30.3 Å². The molecule has 6 heteroatoms. The SMILES string of the molecule is CN1CCCC1C(=O)NC(CO)c1ccc(-c2c(F)cccc2F)cc1. The van der Waals surface area contributed by atoms with E-state index in [9.17, 15) is 18.7 Å². The van der Waals surface area contributed by atoms with E-state index in [4.69, 9.17) is 0 Å². The fourth-order valence-corrected chi connectivity index (χ4v) is 3.40. The molecule has 1 aliphatic rings. The molecule has 3 rings (SSSR count). The number of benzene rings is 2. The van der Waals surface area contributed by atoms with Gasteiger partial charge in [0.05, 0.1) is 24.3 Å². The molecular weight excluding hydrogens is 338 g/mol. The normalized spacial score (nSPS) is 18.7. The van der Waals surface area contributed by atoms with E-state index < -0.39 is 17.7 Å². The summed E-state index contributed by atoms with van der Waals surface area (Å²) in [5.41, 5.74) is 1.00. The Bertz CT molecular complexity index is 760. The zero-order valence-electron chi connectivity index (χ0n) is 14.6. The third-order valence-corrected chi connectivity index (χ3v) is 4.89. The van der Waals surface area contributed by atoms with E-state index in [-0.39, 0.29) is 24.1 Å². The van der Waals surface area contributed by atoms with Gasteiger partial charge in [0.1, 0.15) is 11.6 Å². The summed E-state index contributed by atoms with van der Waals surface area (Å²) >= 11 is 0. The van der Waals surface area contributed by atoms with E-state index in [1.807, 2.05) is 11.9 Å². The van der Waals surface area contributed by atoms with Gasteiger partial charge in [-0.05, 0) is 49.7 Å². The number of aliphatic hydroxyl groups is 1. The number of rotatable bonds is 5. The van der Waals surface area contributed by atoms with Crippen LogP contribution in [0.5, 0.6) is 0 Å². The number of likely N-dealkylation sites (tertiary alicyclic amines) is 1. The van der Waals surface area contributed by atoms with Crippen LogP contribution in [0.15, 0.2) is 42.5 Å². The molecule has 1 amide bonds. The molecule has 26 heavy (non-hydrogen) atoms. The maximum Gasteiger partial charge on any atom is 0.237 e. The van der Waals surface area contributed by atoms with Crippen molar-refractivity contribution in [3.8, 4) is 11.1 Å². The van der Waals surface area contributed by atoms with Crippen molar-refractivity contribution in [2.45, 2.75) is 24.9 Å². The van der Waals surface area contributed by atoms with Gasteiger partial charge in [-0.3, -0.25) is 9.69 Å². The van der Waals surface area contributed by atoms with Crippen LogP contribution in [-0.4, -0.2) is 42.2 Å². The number of carbonyl (C=O) groups is 1. The number of nitrogens with zero attached hydrogens (tertiary/aromatic N) is 1. The van der Waals surface area contributed by atoms with E-state index in [1.54, 1.807) is 24.3 Å². The molecule has 2 atom stereocenters. The van der Waals surface area contributed by atoms with Crippen molar-refractivity contribution in [1.29, 1.82) is 0 Å². The van der Waals surface area contributed by atoms with Crippen LogP contribution >= 0.6 is 0 Å². The lowest BCUT2D eigenvalue weighted by Crippen LogP contribution is -2.43. The predicted molar refractivity (Wildman–Crippen MR) is 95.4 cm³/mol. The summed E-state index contributed by atoms with van der Waals surface area (Å²) in [7, 11) is 1.91. The summed E-state index contributed by atoms with van der Waals surface area (Å²) in [5.74, 6) is -1.38. The minimum Gasteiger partial charge on any atom is -0.394 e. The number of nitrogens with one attached hydrogen (secondary N) is 1. The number of amides is 1. The summed E-state index contributed by atoms with van der Waals surface area (Å²) in [5, 5.41) is 12.5. The van der Waals surface area contributed by atoms with E-state index in [0.29, 0.717) is 11.1 Å². The summed E-state index contributed by atoms with van der Waals surface area (Å²) in [6, 6.07) is 9.51. The maximum absolute atomic E-state index is 13.9. The number of likely N-dealkylation sites (N-methyl/N-ethyl adjacent to an activating group) is 1. The quantitative estimate of drug-likeness (QED) is 0.862.